The Morgan fingerprint density at radius 3 is 2.80 bits per heavy atom. The van der Waals surface area contributed by atoms with Crippen LogP contribution in [-0.2, 0) is 11.2 Å². The second-order valence-corrected chi connectivity index (χ2v) is 5.70. The minimum absolute atomic E-state index is 0.193. The van der Waals surface area contributed by atoms with Gasteiger partial charge in [0, 0.05) is 29.1 Å². The largest absolute Gasteiger partial charge is 0.339 e. The predicted molar refractivity (Wildman–Crippen MR) is 92.9 cm³/mol. The summed E-state index contributed by atoms with van der Waals surface area (Å²) in [5.74, 6) is 0.640. The summed E-state index contributed by atoms with van der Waals surface area (Å²) in [7, 11) is 0. The van der Waals surface area contributed by atoms with Gasteiger partial charge in [0.15, 0.2) is 0 Å². The molecule has 0 atom stereocenters. The highest BCUT2D eigenvalue weighted by atomic mass is 35.5. The Morgan fingerprint density at radius 1 is 1.24 bits per heavy atom. The van der Waals surface area contributed by atoms with Crippen molar-refractivity contribution in [2.75, 3.05) is 5.32 Å². The van der Waals surface area contributed by atoms with Crippen LogP contribution in [0.4, 0.5) is 5.69 Å². The smallest absolute Gasteiger partial charge is 0.227 e. The van der Waals surface area contributed by atoms with E-state index in [2.05, 4.69) is 15.5 Å². The van der Waals surface area contributed by atoms with Crippen LogP contribution in [-0.4, -0.2) is 16.0 Å². The van der Waals surface area contributed by atoms with E-state index in [-0.39, 0.29) is 12.3 Å². The molecule has 0 aliphatic carbocycles. The van der Waals surface area contributed by atoms with Gasteiger partial charge >= 0.3 is 0 Å². The number of carbonyl (C=O) groups is 1. The van der Waals surface area contributed by atoms with Gasteiger partial charge < -0.3 is 9.84 Å². The summed E-state index contributed by atoms with van der Waals surface area (Å²) in [4.78, 5) is 16.3. The maximum absolute atomic E-state index is 12.0. The Bertz CT molecular complexity index is 929. The molecule has 0 unspecified atom stereocenters. The number of nitrogens with zero attached hydrogens (tertiary/aromatic N) is 3. The third kappa shape index (κ3) is 4.43. The number of aromatic nitrogens is 2. The first kappa shape index (κ1) is 16.7. The quantitative estimate of drug-likeness (QED) is 0.753. The average molecular weight is 353 g/mol. The molecule has 0 aliphatic rings. The van der Waals surface area contributed by atoms with Crippen LogP contribution in [0.2, 0.25) is 5.02 Å². The maximum Gasteiger partial charge on any atom is 0.227 e. The minimum Gasteiger partial charge on any atom is -0.339 e. The molecule has 0 saturated carbocycles. The molecule has 2 aromatic carbocycles. The Balaban J connectivity index is 1.57. The van der Waals surface area contributed by atoms with Gasteiger partial charge in [-0.2, -0.15) is 10.2 Å². The second-order valence-electron chi connectivity index (χ2n) is 5.26. The SMILES string of the molecule is N#Cc1cccc(NC(=O)CCc2nc(-c3ccc(Cl)cc3)no2)c1. The number of aryl methyl sites for hydroxylation is 1. The molecule has 1 N–H and O–H groups in total. The number of carbonyl (C=O) groups excluding carboxylic acids is 1. The first-order valence-corrected chi connectivity index (χ1v) is 7.90. The Labute approximate surface area is 149 Å². The van der Waals surface area contributed by atoms with Crippen molar-refractivity contribution in [3.05, 3.63) is 65.0 Å². The molecule has 25 heavy (non-hydrogen) atoms. The molecule has 0 aliphatic heterocycles. The number of hydrogen-bond acceptors (Lipinski definition) is 5. The van der Waals surface area contributed by atoms with Crippen molar-refractivity contribution in [1.29, 1.82) is 5.26 Å². The third-order valence-electron chi connectivity index (χ3n) is 3.41. The zero-order valence-electron chi connectivity index (χ0n) is 13.1. The molecule has 3 rings (SSSR count). The van der Waals surface area contributed by atoms with E-state index in [4.69, 9.17) is 21.4 Å². The van der Waals surface area contributed by atoms with Crippen LogP contribution < -0.4 is 5.32 Å². The number of rotatable bonds is 5. The first-order chi connectivity index (χ1) is 12.1. The molecule has 1 amide bonds. The molecule has 0 bridgehead atoms. The van der Waals surface area contributed by atoms with E-state index in [1.54, 1.807) is 48.5 Å². The van der Waals surface area contributed by atoms with Crippen LogP contribution >= 0.6 is 11.6 Å². The highest BCUT2D eigenvalue weighted by Gasteiger charge is 2.11. The number of nitriles is 1. The second kappa shape index (κ2) is 7.60. The monoisotopic (exact) mass is 352 g/mol. The van der Waals surface area contributed by atoms with Crippen LogP contribution in [0.1, 0.15) is 17.9 Å². The van der Waals surface area contributed by atoms with Gasteiger partial charge in [0.25, 0.3) is 0 Å². The van der Waals surface area contributed by atoms with Crippen LogP contribution in [0, 0.1) is 11.3 Å². The van der Waals surface area contributed by atoms with E-state index in [1.165, 1.54) is 0 Å². The molecule has 7 heteroatoms. The van der Waals surface area contributed by atoms with Crippen molar-refractivity contribution in [3.8, 4) is 17.5 Å². The van der Waals surface area contributed by atoms with Crippen molar-refractivity contribution in [1.82, 2.24) is 10.1 Å². The maximum atomic E-state index is 12.0. The summed E-state index contributed by atoms with van der Waals surface area (Å²) < 4.78 is 5.17. The lowest BCUT2D eigenvalue weighted by Gasteiger charge is -2.04. The summed E-state index contributed by atoms with van der Waals surface area (Å²) in [6.07, 6.45) is 0.517. The summed E-state index contributed by atoms with van der Waals surface area (Å²) in [6, 6.07) is 15.8. The number of benzene rings is 2. The fourth-order valence-electron chi connectivity index (χ4n) is 2.18. The standard InChI is InChI=1S/C18H13ClN4O2/c19-14-6-4-13(5-7-14)18-22-17(25-23-18)9-8-16(24)21-15-3-1-2-12(10-15)11-20/h1-7,10H,8-9H2,(H,21,24). The van der Waals surface area contributed by atoms with Crippen molar-refractivity contribution < 1.29 is 9.32 Å². The summed E-state index contributed by atoms with van der Waals surface area (Å²) in [6.45, 7) is 0. The highest BCUT2D eigenvalue weighted by Crippen LogP contribution is 2.19. The number of halogens is 1. The van der Waals surface area contributed by atoms with Crippen molar-refractivity contribution >= 4 is 23.2 Å². The molecular weight excluding hydrogens is 340 g/mol. The van der Waals surface area contributed by atoms with Crippen LogP contribution in [0.25, 0.3) is 11.4 Å². The Morgan fingerprint density at radius 2 is 2.04 bits per heavy atom. The van der Waals surface area contributed by atoms with Gasteiger partial charge in [-0.3, -0.25) is 4.79 Å². The average Bonchev–Trinajstić information content (AvgIpc) is 3.10. The van der Waals surface area contributed by atoms with Crippen molar-refractivity contribution in [3.63, 3.8) is 0 Å². The van der Waals surface area contributed by atoms with E-state index in [0.29, 0.717) is 34.4 Å². The summed E-state index contributed by atoms with van der Waals surface area (Å²) in [5.41, 5.74) is 1.86. The van der Waals surface area contributed by atoms with Crippen LogP contribution in [0.15, 0.2) is 53.1 Å². The van der Waals surface area contributed by atoms with Gasteiger partial charge in [-0.25, -0.2) is 0 Å². The predicted octanol–water partition coefficient (Wildman–Crippen LogP) is 3.83. The molecule has 0 spiro atoms. The molecule has 1 heterocycles. The molecule has 124 valence electrons. The molecule has 3 aromatic rings. The van der Waals surface area contributed by atoms with Gasteiger partial charge in [-0.05, 0) is 42.5 Å². The molecule has 0 saturated heterocycles. The van der Waals surface area contributed by atoms with E-state index in [1.807, 2.05) is 6.07 Å². The zero-order valence-corrected chi connectivity index (χ0v) is 13.8. The Hall–Kier alpha value is -3.17. The highest BCUT2D eigenvalue weighted by molar-refractivity contribution is 6.30. The van der Waals surface area contributed by atoms with Gasteiger partial charge in [-0.1, -0.05) is 22.8 Å². The van der Waals surface area contributed by atoms with Gasteiger partial charge in [0.2, 0.25) is 17.6 Å². The number of amides is 1. The third-order valence-corrected chi connectivity index (χ3v) is 3.66. The van der Waals surface area contributed by atoms with Crippen LogP contribution in [0.5, 0.6) is 0 Å². The molecule has 0 fully saturated rings. The van der Waals surface area contributed by atoms with Crippen LogP contribution in [0.3, 0.4) is 0 Å². The van der Waals surface area contributed by atoms with Crippen molar-refractivity contribution in [2.45, 2.75) is 12.8 Å². The normalized spacial score (nSPS) is 10.2. The van der Waals surface area contributed by atoms with Crippen molar-refractivity contribution in [2.24, 2.45) is 0 Å². The van der Waals surface area contributed by atoms with Gasteiger partial charge in [0.1, 0.15) is 0 Å². The Kier molecular flexibility index (Phi) is 5.07. The van der Waals surface area contributed by atoms with E-state index < -0.39 is 0 Å². The fourth-order valence-corrected chi connectivity index (χ4v) is 2.31. The number of anilines is 1. The van der Waals surface area contributed by atoms with Gasteiger partial charge in [-0.15, -0.1) is 0 Å². The summed E-state index contributed by atoms with van der Waals surface area (Å²) in [5, 5.41) is 16.1. The number of nitrogens with one attached hydrogen (secondary N) is 1. The molecule has 6 nitrogen and oxygen atoms in total. The number of hydrogen-bond donors (Lipinski definition) is 1. The summed E-state index contributed by atoms with van der Waals surface area (Å²) >= 11 is 5.85. The van der Waals surface area contributed by atoms with E-state index in [9.17, 15) is 4.79 Å². The fraction of sp³-hybridized carbons (Fsp3) is 0.111. The lowest BCUT2D eigenvalue weighted by Crippen LogP contribution is -2.12. The topological polar surface area (TPSA) is 91.8 Å². The van der Waals surface area contributed by atoms with E-state index >= 15 is 0 Å². The first-order valence-electron chi connectivity index (χ1n) is 7.52. The molecule has 1 aromatic heterocycles. The van der Waals surface area contributed by atoms with E-state index in [0.717, 1.165) is 5.56 Å². The lowest BCUT2D eigenvalue weighted by molar-refractivity contribution is -0.116. The lowest BCUT2D eigenvalue weighted by atomic mass is 10.2. The minimum atomic E-state index is -0.193. The molecular formula is C18H13ClN4O2. The molecule has 0 radical (unpaired) electrons. The van der Waals surface area contributed by atoms with Gasteiger partial charge in [0.05, 0.1) is 11.6 Å². The zero-order chi connectivity index (χ0) is 17.6.